The third-order valence-corrected chi connectivity index (χ3v) is 4.03. The lowest BCUT2D eigenvalue weighted by Gasteiger charge is -2.08. The van der Waals surface area contributed by atoms with Crippen LogP contribution in [0.3, 0.4) is 0 Å². The molecule has 0 aliphatic rings. The molecule has 0 aromatic heterocycles. The lowest BCUT2D eigenvalue weighted by atomic mass is 10.0. The maximum absolute atomic E-state index is 11.6. The SMILES string of the molecule is [3H]C(Oc1ccc(CCCCCCCCC)cc1)C(=O)OCCCC. The fourth-order valence-electron chi connectivity index (χ4n) is 2.49. The second-order valence-electron chi connectivity index (χ2n) is 6.27. The van der Waals surface area contributed by atoms with E-state index in [1.54, 1.807) is 0 Å². The van der Waals surface area contributed by atoms with Crippen molar-refractivity contribution in [2.75, 3.05) is 13.2 Å². The Balaban J connectivity index is 2.23. The van der Waals surface area contributed by atoms with Gasteiger partial charge in [-0.15, -0.1) is 0 Å². The lowest BCUT2D eigenvalue weighted by molar-refractivity contribution is -0.146. The minimum Gasteiger partial charge on any atom is -0.482 e. The number of aryl methyl sites for hydroxylation is 1. The summed E-state index contributed by atoms with van der Waals surface area (Å²) in [7, 11) is 0. The highest BCUT2D eigenvalue weighted by Crippen LogP contribution is 2.15. The summed E-state index contributed by atoms with van der Waals surface area (Å²) in [5.41, 5.74) is 1.27. The van der Waals surface area contributed by atoms with Crippen LogP contribution in [0.25, 0.3) is 0 Å². The van der Waals surface area contributed by atoms with E-state index in [9.17, 15) is 4.79 Å². The summed E-state index contributed by atoms with van der Waals surface area (Å²) in [4.78, 5) is 11.6. The van der Waals surface area contributed by atoms with Crippen LogP contribution < -0.4 is 4.74 Å². The van der Waals surface area contributed by atoms with Gasteiger partial charge in [0.15, 0.2) is 6.58 Å². The van der Waals surface area contributed by atoms with E-state index in [1.165, 1.54) is 50.5 Å². The van der Waals surface area contributed by atoms with Crippen LogP contribution in [0.4, 0.5) is 0 Å². The summed E-state index contributed by atoms with van der Waals surface area (Å²) < 4.78 is 18.0. The Labute approximate surface area is 149 Å². The molecule has 0 fully saturated rings. The van der Waals surface area contributed by atoms with Crippen LogP contribution in [0.1, 0.15) is 78.6 Å². The molecule has 0 heterocycles. The standard InChI is InChI=1S/C21H34O3/c1-3-5-7-8-9-10-11-12-19-13-15-20(16-14-19)24-18-21(22)23-17-6-4-2/h13-16H,3-12,17-18H2,1-2H3/i18T. The lowest BCUT2D eigenvalue weighted by Crippen LogP contribution is -2.15. The highest BCUT2D eigenvalue weighted by molar-refractivity contribution is 5.71. The summed E-state index contributed by atoms with van der Waals surface area (Å²) in [6.07, 6.45) is 12.0. The van der Waals surface area contributed by atoms with E-state index >= 15 is 0 Å². The van der Waals surface area contributed by atoms with Crippen LogP contribution in [0.15, 0.2) is 24.3 Å². The molecule has 136 valence electrons. The van der Waals surface area contributed by atoms with Crippen molar-refractivity contribution in [1.82, 2.24) is 0 Å². The molecule has 0 bridgehead atoms. The number of hydrogen-bond acceptors (Lipinski definition) is 3. The molecule has 1 atom stereocenters. The summed E-state index contributed by atoms with van der Waals surface area (Å²) >= 11 is 0. The Hall–Kier alpha value is -1.51. The van der Waals surface area contributed by atoms with E-state index in [4.69, 9.17) is 10.8 Å². The first-order valence-electron chi connectivity index (χ1n) is 10.1. The van der Waals surface area contributed by atoms with Crippen LogP contribution in [-0.2, 0) is 16.0 Å². The van der Waals surface area contributed by atoms with E-state index in [0.29, 0.717) is 12.4 Å². The number of carbonyl (C=O) groups excluding carboxylic acids is 1. The van der Waals surface area contributed by atoms with Crippen LogP contribution in [0, 0.1) is 0 Å². The van der Waals surface area contributed by atoms with E-state index in [-0.39, 0.29) is 0 Å². The van der Waals surface area contributed by atoms with Gasteiger partial charge in [-0.05, 0) is 37.0 Å². The van der Waals surface area contributed by atoms with Crippen molar-refractivity contribution in [3.63, 3.8) is 0 Å². The maximum Gasteiger partial charge on any atom is 0.344 e. The van der Waals surface area contributed by atoms with Gasteiger partial charge in [0.05, 0.1) is 7.98 Å². The third-order valence-electron chi connectivity index (χ3n) is 4.03. The van der Waals surface area contributed by atoms with Gasteiger partial charge in [-0.25, -0.2) is 4.79 Å². The van der Waals surface area contributed by atoms with Crippen molar-refractivity contribution < 1.29 is 15.6 Å². The Morgan fingerprint density at radius 2 is 1.54 bits per heavy atom. The largest absolute Gasteiger partial charge is 0.482 e. The summed E-state index contributed by atoms with van der Waals surface area (Å²) in [6.45, 7) is 3.30. The number of carbonyl (C=O) groups is 1. The molecule has 3 heteroatoms. The van der Waals surface area contributed by atoms with Gasteiger partial charge in [0.2, 0.25) is 0 Å². The fraction of sp³-hybridized carbons (Fsp3) is 0.667. The summed E-state index contributed by atoms with van der Waals surface area (Å²) in [6, 6.07) is 7.69. The highest BCUT2D eigenvalue weighted by Gasteiger charge is 2.04. The van der Waals surface area contributed by atoms with E-state index in [0.717, 1.165) is 19.3 Å². The van der Waals surface area contributed by atoms with Gasteiger partial charge in [0.25, 0.3) is 0 Å². The fourth-order valence-corrected chi connectivity index (χ4v) is 2.49. The molecular weight excluding hydrogens is 300 g/mol. The topological polar surface area (TPSA) is 35.5 Å². The molecule has 1 aromatic carbocycles. The van der Waals surface area contributed by atoms with Crippen molar-refractivity contribution in [3.8, 4) is 5.75 Å². The van der Waals surface area contributed by atoms with Crippen LogP contribution >= 0.6 is 0 Å². The second-order valence-corrected chi connectivity index (χ2v) is 6.27. The Kier molecular flexibility index (Phi) is 10.9. The number of ether oxygens (including phenoxy) is 2. The molecule has 0 amide bonds. The van der Waals surface area contributed by atoms with Crippen LogP contribution in [0.2, 0.25) is 0 Å². The van der Waals surface area contributed by atoms with Gasteiger partial charge >= 0.3 is 5.97 Å². The molecule has 0 spiro atoms. The molecule has 0 saturated carbocycles. The number of esters is 1. The van der Waals surface area contributed by atoms with Crippen molar-refractivity contribution in [3.05, 3.63) is 29.8 Å². The Morgan fingerprint density at radius 3 is 2.21 bits per heavy atom. The molecule has 24 heavy (non-hydrogen) atoms. The van der Waals surface area contributed by atoms with Gasteiger partial charge in [0.1, 0.15) is 5.75 Å². The summed E-state index contributed by atoms with van der Waals surface area (Å²) in [5.74, 6) is -0.0867. The highest BCUT2D eigenvalue weighted by atomic mass is 16.6. The summed E-state index contributed by atoms with van der Waals surface area (Å²) in [5, 5.41) is 0. The van der Waals surface area contributed by atoms with Gasteiger partial charge in [-0.1, -0.05) is 70.9 Å². The minimum absolute atomic E-state index is 0.353. The number of rotatable bonds is 14. The molecule has 0 aliphatic heterocycles. The molecule has 0 aliphatic carbocycles. The van der Waals surface area contributed by atoms with Crippen molar-refractivity contribution in [1.29, 1.82) is 0 Å². The van der Waals surface area contributed by atoms with Gasteiger partial charge in [-0.3, -0.25) is 0 Å². The Morgan fingerprint density at radius 1 is 0.917 bits per heavy atom. The first-order chi connectivity index (χ1) is 12.2. The molecule has 1 rings (SSSR count). The number of unbranched alkanes of at least 4 members (excludes halogenated alkanes) is 7. The first kappa shape index (κ1) is 18.8. The zero-order valence-electron chi connectivity index (χ0n) is 16.4. The van der Waals surface area contributed by atoms with Crippen LogP contribution in [-0.4, -0.2) is 19.2 Å². The Bertz CT molecular complexity index is 459. The van der Waals surface area contributed by atoms with Crippen molar-refractivity contribution in [2.24, 2.45) is 0 Å². The maximum atomic E-state index is 11.6. The zero-order valence-corrected chi connectivity index (χ0v) is 15.4. The average Bonchev–Trinajstić information content (AvgIpc) is 2.62. The smallest absolute Gasteiger partial charge is 0.344 e. The predicted octanol–water partition coefficient (Wildman–Crippen LogP) is 5.70. The van der Waals surface area contributed by atoms with Crippen molar-refractivity contribution in [2.45, 2.75) is 78.1 Å². The van der Waals surface area contributed by atoms with Gasteiger partial charge in [-0.2, -0.15) is 0 Å². The number of hydrogen-bond donors (Lipinski definition) is 0. The second kappa shape index (κ2) is 13.9. The zero-order chi connectivity index (χ0) is 18.3. The molecule has 1 aromatic rings. The molecule has 0 N–H and O–H groups in total. The quantitative estimate of drug-likeness (QED) is 0.323. The predicted molar refractivity (Wildman–Crippen MR) is 99.5 cm³/mol. The monoisotopic (exact) mass is 336 g/mol. The van der Waals surface area contributed by atoms with Crippen molar-refractivity contribution >= 4 is 5.97 Å². The minimum atomic E-state index is -1.31. The van der Waals surface area contributed by atoms with E-state index < -0.39 is 12.6 Å². The molecular formula is C21H34O3. The van der Waals surface area contributed by atoms with E-state index in [1.807, 2.05) is 31.2 Å². The van der Waals surface area contributed by atoms with Crippen LogP contribution in [0.5, 0.6) is 5.75 Å². The average molecular weight is 337 g/mol. The molecule has 0 saturated heterocycles. The normalized spacial score (nSPS) is 12.5. The third kappa shape index (κ3) is 10.3. The first-order valence-corrected chi connectivity index (χ1v) is 9.51. The number of benzene rings is 1. The van der Waals surface area contributed by atoms with Gasteiger partial charge < -0.3 is 9.47 Å². The van der Waals surface area contributed by atoms with Gasteiger partial charge in [0, 0.05) is 0 Å². The molecule has 1 unspecified atom stereocenters. The molecule has 0 radical (unpaired) electrons. The van der Waals surface area contributed by atoms with E-state index in [2.05, 4.69) is 6.92 Å². The molecule has 3 nitrogen and oxygen atoms in total.